The van der Waals surface area contributed by atoms with E-state index in [1.165, 1.54) is 57.2 Å². The summed E-state index contributed by atoms with van der Waals surface area (Å²) >= 11 is 6.67. The molecule has 7 heterocycles. The van der Waals surface area contributed by atoms with Gasteiger partial charge in [0, 0.05) is 94.2 Å². The summed E-state index contributed by atoms with van der Waals surface area (Å²) in [5.74, 6) is 0.812. The van der Waals surface area contributed by atoms with Crippen LogP contribution in [-0.2, 0) is 37.1 Å². The smallest absolute Gasteiger partial charge is 0.119 e. The number of hydrogen-bond acceptors (Lipinski definition) is 6. The molecular weight excluding hydrogens is 742 g/mol. The number of fused-ring (bicyclic) bond motifs is 12. The summed E-state index contributed by atoms with van der Waals surface area (Å²) in [7, 11) is 2.29. The van der Waals surface area contributed by atoms with Gasteiger partial charge in [0.05, 0.1) is 13.1 Å². The first-order valence-electron chi connectivity index (χ1n) is 21.4. The number of pyridine rings is 1. The van der Waals surface area contributed by atoms with Crippen molar-refractivity contribution in [3.8, 4) is 5.75 Å². The van der Waals surface area contributed by atoms with E-state index < -0.39 is 11.2 Å². The van der Waals surface area contributed by atoms with Gasteiger partial charge in [-0.05, 0) is 129 Å². The van der Waals surface area contributed by atoms with Crippen LogP contribution in [0.5, 0.6) is 5.75 Å². The molecule has 4 aliphatic rings. The van der Waals surface area contributed by atoms with Gasteiger partial charge in [-0.3, -0.25) is 14.8 Å². The fourth-order valence-corrected chi connectivity index (χ4v) is 11.6. The Labute approximate surface area is 347 Å². The van der Waals surface area contributed by atoms with Crippen molar-refractivity contribution < 1.29 is 14.9 Å². The van der Waals surface area contributed by atoms with Crippen LogP contribution in [0.1, 0.15) is 97.7 Å². The zero-order valence-corrected chi connectivity index (χ0v) is 35.2. The van der Waals surface area contributed by atoms with Gasteiger partial charge < -0.3 is 24.1 Å². The SMILES string of the molecule is Cc1ccc2c(c1)c1c(n2CC(C)(O)c2ccc(OCCN3C4CCC3c3c(n(CC(O)(c5ccncc5)C(C)C)c5ccc(Cl)cc35)C4)cc2)CC2CCC1N2C. The molecule has 0 amide bonds. The van der Waals surface area contributed by atoms with Crippen LogP contribution in [0.3, 0.4) is 0 Å². The van der Waals surface area contributed by atoms with Crippen LogP contribution in [-0.4, -0.2) is 66.4 Å². The Morgan fingerprint density at radius 1 is 0.776 bits per heavy atom. The third-order valence-corrected chi connectivity index (χ3v) is 14.9. The van der Waals surface area contributed by atoms with Gasteiger partial charge in [0.25, 0.3) is 0 Å². The molecule has 4 aliphatic heterocycles. The third-order valence-electron chi connectivity index (χ3n) is 14.6. The second-order valence-electron chi connectivity index (χ2n) is 18.3. The average Bonchev–Trinajstić information content (AvgIpc) is 3.84. The number of nitrogens with zero attached hydrogens (tertiary/aromatic N) is 5. The van der Waals surface area contributed by atoms with E-state index in [0.29, 0.717) is 37.8 Å². The lowest BCUT2D eigenvalue weighted by Crippen LogP contribution is -2.41. The molecule has 58 heavy (non-hydrogen) atoms. The van der Waals surface area contributed by atoms with Gasteiger partial charge in [-0.1, -0.05) is 49.2 Å². The Balaban J connectivity index is 0.859. The topological polar surface area (TPSA) is 78.9 Å². The molecule has 9 heteroatoms. The second kappa shape index (κ2) is 14.2. The van der Waals surface area contributed by atoms with Gasteiger partial charge in [0.1, 0.15) is 23.6 Å². The van der Waals surface area contributed by atoms with Crippen LogP contribution in [0.4, 0.5) is 0 Å². The van der Waals surface area contributed by atoms with E-state index in [1.807, 2.05) is 49.4 Å². The van der Waals surface area contributed by atoms with E-state index in [1.54, 1.807) is 12.4 Å². The highest BCUT2D eigenvalue weighted by Gasteiger charge is 2.45. The highest BCUT2D eigenvalue weighted by Crippen LogP contribution is 2.50. The maximum Gasteiger partial charge on any atom is 0.119 e. The number of benzene rings is 3. The van der Waals surface area contributed by atoms with Gasteiger partial charge in [-0.25, -0.2) is 0 Å². The van der Waals surface area contributed by atoms with Gasteiger partial charge in [-0.2, -0.15) is 0 Å². The van der Waals surface area contributed by atoms with Crippen LogP contribution in [0.2, 0.25) is 5.02 Å². The number of hydrogen-bond donors (Lipinski definition) is 2. The summed E-state index contributed by atoms with van der Waals surface area (Å²) in [5.41, 5.74) is 8.85. The van der Waals surface area contributed by atoms with Crippen molar-refractivity contribution in [3.63, 3.8) is 0 Å². The zero-order valence-electron chi connectivity index (χ0n) is 34.5. The van der Waals surface area contributed by atoms with Crippen LogP contribution in [0, 0.1) is 12.8 Å². The Hall–Kier alpha value is -4.18. The molecule has 10 rings (SSSR count). The van der Waals surface area contributed by atoms with Crippen LogP contribution >= 0.6 is 11.6 Å². The van der Waals surface area contributed by atoms with Gasteiger partial charge in [0.2, 0.25) is 0 Å². The zero-order chi connectivity index (χ0) is 40.1. The molecular formula is C49H56ClN5O3. The predicted octanol–water partition coefficient (Wildman–Crippen LogP) is 9.24. The number of aromatic nitrogens is 3. The fourth-order valence-electron chi connectivity index (χ4n) is 11.4. The minimum absolute atomic E-state index is 0.00332. The lowest BCUT2D eigenvalue weighted by Gasteiger charge is -2.37. The minimum atomic E-state index is -1.05. The Bertz CT molecular complexity index is 2510. The molecule has 2 fully saturated rings. The van der Waals surface area contributed by atoms with E-state index in [4.69, 9.17) is 16.3 Å². The molecule has 0 aliphatic carbocycles. The summed E-state index contributed by atoms with van der Waals surface area (Å²) in [5, 5.41) is 27.6. The van der Waals surface area contributed by atoms with E-state index in [0.717, 1.165) is 59.6 Å². The van der Waals surface area contributed by atoms with Crippen LogP contribution in [0.15, 0.2) is 85.2 Å². The van der Waals surface area contributed by atoms with Gasteiger partial charge >= 0.3 is 0 Å². The van der Waals surface area contributed by atoms with Gasteiger partial charge in [-0.15, -0.1) is 0 Å². The molecule has 6 unspecified atom stereocenters. The molecule has 6 atom stereocenters. The number of rotatable bonds is 11. The van der Waals surface area contributed by atoms with E-state index in [-0.39, 0.29) is 12.0 Å². The Kier molecular flexibility index (Phi) is 9.34. The normalized spacial score (nSPS) is 23.7. The lowest BCUT2D eigenvalue weighted by molar-refractivity contribution is -0.0265. The summed E-state index contributed by atoms with van der Waals surface area (Å²) < 4.78 is 11.2. The van der Waals surface area contributed by atoms with Crippen molar-refractivity contribution in [1.29, 1.82) is 0 Å². The highest BCUT2D eigenvalue weighted by molar-refractivity contribution is 6.31. The summed E-state index contributed by atoms with van der Waals surface area (Å²) in [4.78, 5) is 9.43. The van der Waals surface area contributed by atoms with Crippen molar-refractivity contribution in [2.45, 2.75) is 115 Å². The van der Waals surface area contributed by atoms with Gasteiger partial charge in [0.15, 0.2) is 0 Å². The standard InChI is InChI=1S/C49H56ClN5O3/c1-30(2)49(57,33-18-20-51-21-19-33)29-55-41-15-9-34(50)25-39(41)47-43-17-11-36(27-45(47)55)53(43)22-23-58-37-12-7-32(8-13-37)48(4,56)28-54-40-14-6-31(3)24-38(40)46-42-16-10-35(52(42)5)26-44(46)54/h6-9,12-15,18-21,24-25,30,35-36,42-43,56-57H,10-11,16-17,22-23,26-29H2,1-5H3. The summed E-state index contributed by atoms with van der Waals surface area (Å²) in [6.07, 6.45) is 10.1. The number of likely N-dealkylation sites (N-methyl/N-ethyl adjacent to an activating group) is 1. The maximum atomic E-state index is 12.3. The van der Waals surface area contributed by atoms with Crippen molar-refractivity contribution in [2.24, 2.45) is 5.92 Å². The largest absolute Gasteiger partial charge is 0.492 e. The number of aliphatic hydroxyl groups is 2. The molecule has 2 N–H and O–H groups in total. The highest BCUT2D eigenvalue weighted by atomic mass is 35.5. The van der Waals surface area contributed by atoms with Crippen LogP contribution in [0.25, 0.3) is 21.8 Å². The van der Waals surface area contributed by atoms with Crippen molar-refractivity contribution in [3.05, 3.63) is 129 Å². The third kappa shape index (κ3) is 6.12. The quantitative estimate of drug-likeness (QED) is 0.136. The second-order valence-corrected chi connectivity index (χ2v) is 18.8. The molecule has 302 valence electrons. The molecule has 0 radical (unpaired) electrons. The first-order valence-corrected chi connectivity index (χ1v) is 21.8. The van der Waals surface area contributed by atoms with E-state index in [2.05, 4.69) is 82.1 Å². The molecule has 3 aromatic carbocycles. The van der Waals surface area contributed by atoms with Crippen LogP contribution < -0.4 is 4.74 Å². The predicted molar refractivity (Wildman–Crippen MR) is 232 cm³/mol. The first kappa shape index (κ1) is 38.0. The molecule has 6 aromatic rings. The lowest BCUT2D eigenvalue weighted by atomic mass is 9.83. The molecule has 8 nitrogen and oxygen atoms in total. The minimum Gasteiger partial charge on any atom is -0.492 e. The Morgan fingerprint density at radius 3 is 2.16 bits per heavy atom. The monoisotopic (exact) mass is 797 g/mol. The molecule has 2 saturated heterocycles. The fraction of sp³-hybridized carbons (Fsp3) is 0.449. The number of aryl methyl sites for hydroxylation is 1. The number of halogens is 1. The van der Waals surface area contributed by atoms with Crippen molar-refractivity contribution in [2.75, 3.05) is 20.2 Å². The molecule has 0 saturated carbocycles. The maximum absolute atomic E-state index is 12.3. The Morgan fingerprint density at radius 2 is 1.41 bits per heavy atom. The van der Waals surface area contributed by atoms with Crippen molar-refractivity contribution >= 4 is 33.4 Å². The van der Waals surface area contributed by atoms with E-state index in [9.17, 15) is 10.2 Å². The first-order chi connectivity index (χ1) is 27.9. The summed E-state index contributed by atoms with van der Waals surface area (Å²) in [6.45, 7) is 10.7. The number of ether oxygens (including phenoxy) is 1. The molecule has 4 bridgehead atoms. The summed E-state index contributed by atoms with van der Waals surface area (Å²) in [6, 6.07) is 26.7. The van der Waals surface area contributed by atoms with Crippen molar-refractivity contribution in [1.82, 2.24) is 23.9 Å². The average molecular weight is 798 g/mol. The molecule has 3 aromatic heterocycles. The van der Waals surface area contributed by atoms with E-state index >= 15 is 0 Å². The molecule has 0 spiro atoms.